The van der Waals surface area contributed by atoms with Crippen molar-refractivity contribution in [2.24, 2.45) is 0 Å². The standard InChI is InChI=1S/C30H60ClN3O6S/c1-3-5-7-8-9-10-11-12-13-14-15-16-17-18-19-20-23-32-29(35)40-27-28(34-30(36)39-24-6-4-2)26-33-41(37,38)25-21-22-31/h28,33H,3-27H2,1-2H3,(H,32,35)(H,34,36). The highest BCUT2D eigenvalue weighted by Gasteiger charge is 2.19. The van der Waals surface area contributed by atoms with Crippen LogP contribution < -0.4 is 15.4 Å². The van der Waals surface area contributed by atoms with Crippen molar-refractivity contribution in [1.29, 1.82) is 0 Å². The van der Waals surface area contributed by atoms with Crippen LogP contribution in [0.25, 0.3) is 0 Å². The van der Waals surface area contributed by atoms with E-state index < -0.39 is 28.3 Å². The number of amides is 2. The number of carbonyl (C=O) groups is 2. The molecule has 11 heteroatoms. The molecule has 0 aliphatic rings. The Morgan fingerprint density at radius 3 is 1.71 bits per heavy atom. The van der Waals surface area contributed by atoms with Gasteiger partial charge in [-0.3, -0.25) is 0 Å². The Hall–Kier alpha value is -1.26. The van der Waals surface area contributed by atoms with Gasteiger partial charge in [0.25, 0.3) is 0 Å². The Kier molecular flexibility index (Phi) is 28.0. The molecule has 3 N–H and O–H groups in total. The molecule has 0 aromatic rings. The highest BCUT2D eigenvalue weighted by molar-refractivity contribution is 7.89. The van der Waals surface area contributed by atoms with E-state index in [1.165, 1.54) is 83.5 Å². The number of sulfonamides is 1. The van der Waals surface area contributed by atoms with Gasteiger partial charge in [-0.2, -0.15) is 0 Å². The van der Waals surface area contributed by atoms with Crippen LogP contribution in [0.2, 0.25) is 0 Å². The lowest BCUT2D eigenvalue weighted by Gasteiger charge is -2.19. The van der Waals surface area contributed by atoms with Crippen molar-refractivity contribution in [1.82, 2.24) is 15.4 Å². The molecule has 0 radical (unpaired) electrons. The summed E-state index contributed by atoms with van der Waals surface area (Å²) >= 11 is 5.58. The van der Waals surface area contributed by atoms with Crippen LogP contribution in [-0.2, 0) is 19.5 Å². The van der Waals surface area contributed by atoms with E-state index in [-0.39, 0.29) is 31.4 Å². The number of nitrogens with one attached hydrogen (secondary N) is 3. The lowest BCUT2D eigenvalue weighted by atomic mass is 10.0. The molecule has 0 spiro atoms. The van der Waals surface area contributed by atoms with E-state index in [2.05, 4.69) is 22.3 Å². The van der Waals surface area contributed by atoms with E-state index in [4.69, 9.17) is 21.1 Å². The number of alkyl carbamates (subject to hydrolysis) is 2. The zero-order valence-corrected chi connectivity index (χ0v) is 27.6. The monoisotopic (exact) mass is 625 g/mol. The van der Waals surface area contributed by atoms with Crippen molar-refractivity contribution in [3.05, 3.63) is 0 Å². The van der Waals surface area contributed by atoms with Gasteiger partial charge in [0.1, 0.15) is 6.61 Å². The minimum Gasteiger partial charge on any atom is -0.450 e. The Balaban J connectivity index is 3.95. The molecule has 0 bridgehead atoms. The smallest absolute Gasteiger partial charge is 0.407 e. The predicted octanol–water partition coefficient (Wildman–Crippen LogP) is 7.42. The van der Waals surface area contributed by atoms with Crippen LogP contribution >= 0.6 is 11.6 Å². The molecule has 0 saturated carbocycles. The molecule has 1 atom stereocenters. The van der Waals surface area contributed by atoms with Crippen LogP contribution in [0.1, 0.15) is 136 Å². The second-order valence-electron chi connectivity index (χ2n) is 10.9. The molecule has 0 fully saturated rings. The maximum absolute atomic E-state index is 12.1. The molecule has 0 aliphatic carbocycles. The van der Waals surface area contributed by atoms with Crippen molar-refractivity contribution < 1.29 is 27.5 Å². The zero-order chi connectivity index (χ0) is 30.4. The number of halogens is 1. The number of hydrogen-bond donors (Lipinski definition) is 3. The first-order chi connectivity index (χ1) is 19.8. The third-order valence-corrected chi connectivity index (χ3v) is 8.56. The van der Waals surface area contributed by atoms with Gasteiger partial charge in [-0.15, -0.1) is 11.6 Å². The third kappa shape index (κ3) is 28.6. The molecule has 1 unspecified atom stereocenters. The molecule has 41 heavy (non-hydrogen) atoms. The number of hydrogen-bond acceptors (Lipinski definition) is 6. The van der Waals surface area contributed by atoms with Crippen molar-refractivity contribution >= 4 is 33.8 Å². The molecular weight excluding hydrogens is 566 g/mol. The first-order valence-electron chi connectivity index (χ1n) is 16.2. The second-order valence-corrected chi connectivity index (χ2v) is 13.2. The summed E-state index contributed by atoms with van der Waals surface area (Å²) in [5.41, 5.74) is 0. The molecule has 9 nitrogen and oxygen atoms in total. The van der Waals surface area contributed by atoms with Crippen LogP contribution in [0.15, 0.2) is 0 Å². The molecule has 0 rings (SSSR count). The van der Waals surface area contributed by atoms with E-state index in [0.29, 0.717) is 13.0 Å². The summed E-state index contributed by atoms with van der Waals surface area (Å²) < 4.78 is 36.9. The summed E-state index contributed by atoms with van der Waals surface area (Å²) in [5.74, 6) is 0.111. The van der Waals surface area contributed by atoms with E-state index in [0.717, 1.165) is 32.1 Å². The van der Waals surface area contributed by atoms with Crippen LogP contribution in [0.3, 0.4) is 0 Å². The van der Waals surface area contributed by atoms with Crippen LogP contribution in [0.5, 0.6) is 0 Å². The summed E-state index contributed by atoms with van der Waals surface area (Å²) in [6.07, 6.45) is 21.3. The highest BCUT2D eigenvalue weighted by Crippen LogP contribution is 2.13. The molecule has 244 valence electrons. The van der Waals surface area contributed by atoms with E-state index in [1.807, 2.05) is 6.92 Å². The molecular formula is C30H60ClN3O6S. The second kappa shape index (κ2) is 28.8. The maximum Gasteiger partial charge on any atom is 0.407 e. The quantitative estimate of drug-likeness (QED) is 0.0587. The Labute approximate surface area is 256 Å². The van der Waals surface area contributed by atoms with Crippen LogP contribution in [0, 0.1) is 0 Å². The van der Waals surface area contributed by atoms with Crippen molar-refractivity contribution in [2.45, 2.75) is 142 Å². The molecule has 0 saturated heterocycles. The summed E-state index contributed by atoms with van der Waals surface area (Å²) in [7, 11) is -3.56. The average molecular weight is 626 g/mol. The number of rotatable bonds is 29. The third-order valence-electron chi connectivity index (χ3n) is 6.86. The lowest BCUT2D eigenvalue weighted by molar-refractivity contribution is 0.118. The first-order valence-corrected chi connectivity index (χ1v) is 18.4. The van der Waals surface area contributed by atoms with Crippen molar-refractivity contribution in [3.8, 4) is 0 Å². The van der Waals surface area contributed by atoms with Gasteiger partial charge in [0.2, 0.25) is 10.0 Å². The van der Waals surface area contributed by atoms with E-state index in [9.17, 15) is 18.0 Å². The van der Waals surface area contributed by atoms with Gasteiger partial charge in [-0.05, 0) is 19.3 Å². The van der Waals surface area contributed by atoms with Gasteiger partial charge in [0, 0.05) is 19.0 Å². The molecule has 0 aromatic carbocycles. The summed E-state index contributed by atoms with van der Waals surface area (Å²) in [5, 5.41) is 5.29. The SMILES string of the molecule is CCCCCCCCCCCCCCCCCCNC(=O)OCC(CNS(=O)(=O)CCCCl)NC(=O)OCCCC. The molecule has 2 amide bonds. The summed E-state index contributed by atoms with van der Waals surface area (Å²) in [6.45, 7) is 4.70. The number of unbranched alkanes of at least 4 members (excludes halogenated alkanes) is 16. The van der Waals surface area contributed by atoms with Crippen molar-refractivity contribution in [3.63, 3.8) is 0 Å². The van der Waals surface area contributed by atoms with Gasteiger partial charge < -0.3 is 20.1 Å². The molecule has 0 heterocycles. The largest absolute Gasteiger partial charge is 0.450 e. The first kappa shape index (κ1) is 39.7. The van der Waals surface area contributed by atoms with Crippen molar-refractivity contribution in [2.75, 3.05) is 37.9 Å². The normalized spacial score (nSPS) is 12.2. The minimum absolute atomic E-state index is 0.120. The highest BCUT2D eigenvalue weighted by atomic mass is 35.5. The summed E-state index contributed by atoms with van der Waals surface area (Å²) in [4.78, 5) is 24.1. The average Bonchev–Trinajstić information content (AvgIpc) is 2.95. The number of alkyl halides is 1. The van der Waals surface area contributed by atoms with Crippen LogP contribution in [-0.4, -0.2) is 64.6 Å². The lowest BCUT2D eigenvalue weighted by Crippen LogP contribution is -2.47. The topological polar surface area (TPSA) is 123 Å². The number of carbonyl (C=O) groups excluding carboxylic acids is 2. The van der Waals surface area contributed by atoms with Gasteiger partial charge in [-0.25, -0.2) is 22.7 Å². The van der Waals surface area contributed by atoms with Crippen LogP contribution in [0.4, 0.5) is 9.59 Å². The Morgan fingerprint density at radius 2 is 1.20 bits per heavy atom. The van der Waals surface area contributed by atoms with Gasteiger partial charge in [-0.1, -0.05) is 117 Å². The minimum atomic E-state index is -3.56. The van der Waals surface area contributed by atoms with Gasteiger partial charge in [0.15, 0.2) is 0 Å². The maximum atomic E-state index is 12.1. The van der Waals surface area contributed by atoms with E-state index in [1.54, 1.807) is 0 Å². The predicted molar refractivity (Wildman–Crippen MR) is 169 cm³/mol. The van der Waals surface area contributed by atoms with Gasteiger partial charge in [0.05, 0.1) is 18.4 Å². The molecule has 0 aliphatic heterocycles. The van der Waals surface area contributed by atoms with E-state index >= 15 is 0 Å². The fourth-order valence-corrected chi connectivity index (χ4v) is 5.72. The summed E-state index contributed by atoms with van der Waals surface area (Å²) in [6, 6.07) is -0.767. The molecule has 0 aromatic heterocycles. The fourth-order valence-electron chi connectivity index (χ4n) is 4.30. The zero-order valence-electron chi connectivity index (χ0n) is 26.0. The Morgan fingerprint density at radius 1 is 0.683 bits per heavy atom. The fraction of sp³-hybridized carbons (Fsp3) is 0.933. The Bertz CT molecular complexity index is 727. The van der Waals surface area contributed by atoms with Gasteiger partial charge >= 0.3 is 12.2 Å². The number of ether oxygens (including phenoxy) is 2.